The smallest absolute Gasteiger partial charge is 0.277 e. The average Bonchev–Trinajstić information content (AvgIpc) is 3.35. The predicted octanol–water partition coefficient (Wildman–Crippen LogP) is 5.31. The highest BCUT2D eigenvalue weighted by molar-refractivity contribution is 6.30. The van der Waals surface area contributed by atoms with Crippen molar-refractivity contribution < 1.29 is 14.3 Å². The summed E-state index contributed by atoms with van der Waals surface area (Å²) in [5.41, 5.74) is 4.09. The Morgan fingerprint density at radius 1 is 1.13 bits per heavy atom. The Hall–Kier alpha value is -4.61. The first-order valence-corrected chi connectivity index (χ1v) is 12.4. The molecule has 190 valence electrons. The van der Waals surface area contributed by atoms with Gasteiger partial charge >= 0.3 is 0 Å². The molecule has 0 saturated heterocycles. The summed E-state index contributed by atoms with van der Waals surface area (Å²) in [4.78, 5) is 28.5. The van der Waals surface area contributed by atoms with Crippen LogP contribution in [0.2, 0.25) is 5.02 Å². The lowest BCUT2D eigenvalue weighted by Gasteiger charge is -2.34. The lowest BCUT2D eigenvalue weighted by Crippen LogP contribution is -2.47. The highest BCUT2D eigenvalue weighted by Crippen LogP contribution is 2.28. The number of rotatable bonds is 6. The molecule has 1 aliphatic heterocycles. The average molecular weight is 526 g/mol. The van der Waals surface area contributed by atoms with Crippen LogP contribution in [0.15, 0.2) is 72.9 Å². The summed E-state index contributed by atoms with van der Waals surface area (Å²) in [5, 5.41) is 17.1. The first kappa shape index (κ1) is 25.1. The zero-order valence-corrected chi connectivity index (χ0v) is 21.6. The summed E-state index contributed by atoms with van der Waals surface area (Å²) in [5.74, 6) is -0.377. The Balaban J connectivity index is 1.37. The molecule has 38 heavy (non-hydrogen) atoms. The minimum atomic E-state index is -0.485. The third kappa shape index (κ3) is 4.84. The summed E-state index contributed by atoms with van der Waals surface area (Å²) in [7, 11) is 1.47. The summed E-state index contributed by atoms with van der Waals surface area (Å²) >= 11 is 5.99. The van der Waals surface area contributed by atoms with Crippen molar-refractivity contribution >= 4 is 34.8 Å². The van der Waals surface area contributed by atoms with E-state index in [4.69, 9.17) is 16.3 Å². The molecule has 2 amide bonds. The van der Waals surface area contributed by atoms with Gasteiger partial charge in [-0.1, -0.05) is 35.9 Å². The predicted molar refractivity (Wildman–Crippen MR) is 145 cm³/mol. The summed E-state index contributed by atoms with van der Waals surface area (Å²) in [6, 6.07) is 22.2. The SMILES string of the molecule is COc1ccc(NC(=O)c2cnn3c2C(=O)N(c2ccc(Cc4ccc(Cl)cc4)cc2)C(C)C3)cc1C#N. The van der Waals surface area contributed by atoms with E-state index in [2.05, 4.69) is 10.4 Å². The second-order valence-electron chi connectivity index (χ2n) is 9.06. The second kappa shape index (κ2) is 10.4. The molecule has 0 spiro atoms. The number of fused-ring (bicyclic) bond motifs is 1. The number of benzene rings is 3. The maximum absolute atomic E-state index is 13.7. The molecule has 0 fully saturated rings. The number of hydrogen-bond donors (Lipinski definition) is 1. The summed E-state index contributed by atoms with van der Waals surface area (Å²) in [6.07, 6.45) is 2.15. The lowest BCUT2D eigenvalue weighted by atomic mass is 10.0. The second-order valence-corrected chi connectivity index (χ2v) is 9.50. The van der Waals surface area contributed by atoms with Crippen molar-refractivity contribution in [3.8, 4) is 11.8 Å². The molecule has 5 rings (SSSR count). The van der Waals surface area contributed by atoms with E-state index in [1.807, 2.05) is 61.5 Å². The van der Waals surface area contributed by atoms with Crippen molar-refractivity contribution in [3.05, 3.63) is 106 Å². The fourth-order valence-electron chi connectivity index (χ4n) is 4.62. The molecule has 4 aromatic rings. The number of halogens is 1. The van der Waals surface area contributed by atoms with E-state index in [0.717, 1.165) is 23.2 Å². The number of methoxy groups -OCH3 is 1. The van der Waals surface area contributed by atoms with Crippen LogP contribution in [0.1, 0.15) is 44.5 Å². The van der Waals surface area contributed by atoms with Gasteiger partial charge in [0.2, 0.25) is 0 Å². The number of nitrogens with one attached hydrogen (secondary N) is 1. The van der Waals surface area contributed by atoms with Gasteiger partial charge in [-0.2, -0.15) is 10.4 Å². The third-order valence-electron chi connectivity index (χ3n) is 6.50. The van der Waals surface area contributed by atoms with E-state index >= 15 is 0 Å². The summed E-state index contributed by atoms with van der Waals surface area (Å²) in [6.45, 7) is 2.40. The topological polar surface area (TPSA) is 100 Å². The molecule has 3 aromatic carbocycles. The van der Waals surface area contributed by atoms with Crippen molar-refractivity contribution in [2.24, 2.45) is 0 Å². The largest absolute Gasteiger partial charge is 0.495 e. The summed E-state index contributed by atoms with van der Waals surface area (Å²) < 4.78 is 6.73. The van der Waals surface area contributed by atoms with Gasteiger partial charge in [-0.05, 0) is 66.9 Å². The van der Waals surface area contributed by atoms with Gasteiger partial charge in [-0.25, -0.2) is 0 Å². The lowest BCUT2D eigenvalue weighted by molar-refractivity contribution is 0.0933. The molecule has 8 nitrogen and oxygen atoms in total. The number of carbonyl (C=O) groups is 2. The number of nitriles is 1. The third-order valence-corrected chi connectivity index (χ3v) is 6.75. The number of carbonyl (C=O) groups excluding carboxylic acids is 2. The quantitative estimate of drug-likeness (QED) is 0.368. The molecule has 0 radical (unpaired) electrons. The normalized spacial score (nSPS) is 14.5. The first-order valence-electron chi connectivity index (χ1n) is 12.0. The molecular formula is C29H24ClN5O3. The molecular weight excluding hydrogens is 502 g/mol. The van der Waals surface area contributed by atoms with Gasteiger partial charge in [0.05, 0.1) is 37.0 Å². The van der Waals surface area contributed by atoms with Crippen LogP contribution in [-0.2, 0) is 13.0 Å². The van der Waals surface area contributed by atoms with Crippen LogP contribution in [0.4, 0.5) is 11.4 Å². The van der Waals surface area contributed by atoms with E-state index in [9.17, 15) is 14.9 Å². The minimum absolute atomic E-state index is 0.160. The standard InChI is InChI=1S/C29H24ClN5O3/c1-18-17-34-27(25(16-32-34)28(36)33-23-9-12-26(38-2)21(14-23)15-31)29(37)35(18)24-10-5-20(6-11-24)13-19-3-7-22(30)8-4-19/h3-12,14,16,18H,13,17H2,1-2H3,(H,33,36). The number of nitrogens with zero attached hydrogens (tertiary/aromatic N) is 4. The molecule has 1 atom stereocenters. The maximum atomic E-state index is 13.7. The van der Waals surface area contributed by atoms with E-state index in [0.29, 0.717) is 23.0 Å². The van der Waals surface area contributed by atoms with Gasteiger partial charge in [-0.3, -0.25) is 14.3 Å². The van der Waals surface area contributed by atoms with Crippen LogP contribution in [0.3, 0.4) is 0 Å². The Morgan fingerprint density at radius 3 is 2.47 bits per heavy atom. The van der Waals surface area contributed by atoms with Crippen molar-refractivity contribution in [2.45, 2.75) is 25.9 Å². The van der Waals surface area contributed by atoms with Crippen molar-refractivity contribution in [3.63, 3.8) is 0 Å². The van der Waals surface area contributed by atoms with Crippen LogP contribution in [-0.4, -0.2) is 34.7 Å². The molecule has 1 N–H and O–H groups in total. The van der Waals surface area contributed by atoms with Crippen molar-refractivity contribution in [1.29, 1.82) is 5.26 Å². The fraction of sp³-hybridized carbons (Fsp3) is 0.172. The Labute approximate surface area is 225 Å². The van der Waals surface area contributed by atoms with Gasteiger partial charge in [0.1, 0.15) is 17.5 Å². The number of aromatic nitrogens is 2. The Bertz CT molecular complexity index is 1550. The van der Waals surface area contributed by atoms with Crippen LogP contribution < -0.4 is 15.0 Å². The zero-order valence-electron chi connectivity index (χ0n) is 20.8. The molecule has 0 saturated carbocycles. The van der Waals surface area contributed by atoms with E-state index in [1.54, 1.807) is 21.7 Å². The first-order chi connectivity index (χ1) is 18.4. The molecule has 1 aromatic heterocycles. The van der Waals surface area contributed by atoms with E-state index < -0.39 is 5.91 Å². The van der Waals surface area contributed by atoms with Gasteiger partial charge in [-0.15, -0.1) is 0 Å². The van der Waals surface area contributed by atoms with Crippen LogP contribution >= 0.6 is 11.6 Å². The molecule has 1 unspecified atom stereocenters. The van der Waals surface area contributed by atoms with Crippen molar-refractivity contribution in [1.82, 2.24) is 9.78 Å². The molecule has 0 aliphatic carbocycles. The van der Waals surface area contributed by atoms with Gasteiger partial charge in [0.25, 0.3) is 11.8 Å². The van der Waals surface area contributed by atoms with Crippen LogP contribution in [0.25, 0.3) is 0 Å². The fourth-order valence-corrected chi connectivity index (χ4v) is 4.74. The van der Waals surface area contributed by atoms with Gasteiger partial charge < -0.3 is 15.0 Å². The van der Waals surface area contributed by atoms with E-state index in [-0.39, 0.29) is 28.8 Å². The molecule has 9 heteroatoms. The Kier molecular flexibility index (Phi) is 6.86. The van der Waals surface area contributed by atoms with Crippen molar-refractivity contribution in [2.75, 3.05) is 17.3 Å². The minimum Gasteiger partial charge on any atom is -0.495 e. The molecule has 1 aliphatic rings. The van der Waals surface area contributed by atoms with Crippen LogP contribution in [0.5, 0.6) is 5.75 Å². The highest BCUT2D eigenvalue weighted by Gasteiger charge is 2.35. The number of ether oxygens (including phenoxy) is 1. The van der Waals surface area contributed by atoms with E-state index in [1.165, 1.54) is 19.4 Å². The number of hydrogen-bond acceptors (Lipinski definition) is 5. The zero-order chi connectivity index (χ0) is 26.8. The number of anilines is 2. The number of amides is 2. The van der Waals surface area contributed by atoms with Gasteiger partial charge in [0, 0.05) is 16.4 Å². The maximum Gasteiger partial charge on any atom is 0.277 e. The highest BCUT2D eigenvalue weighted by atomic mass is 35.5. The molecule has 2 heterocycles. The van der Waals surface area contributed by atoms with Gasteiger partial charge in [0.15, 0.2) is 0 Å². The molecule has 0 bridgehead atoms. The Morgan fingerprint density at radius 2 is 1.82 bits per heavy atom. The van der Waals surface area contributed by atoms with Crippen LogP contribution in [0, 0.1) is 11.3 Å². The monoisotopic (exact) mass is 525 g/mol.